The van der Waals surface area contributed by atoms with Crippen LogP contribution in [0, 0.1) is 12.7 Å². The number of carbonyl (C=O) groups excluding carboxylic acids is 3. The molecule has 1 N–H and O–H groups in total. The van der Waals surface area contributed by atoms with Gasteiger partial charge in [-0.25, -0.2) is 14.1 Å². The topological polar surface area (TPSA) is 69.7 Å². The highest BCUT2D eigenvalue weighted by molar-refractivity contribution is 6.39. The van der Waals surface area contributed by atoms with Gasteiger partial charge in [0, 0.05) is 24.3 Å². The molecular weight excluding hydrogens is 373 g/mol. The van der Waals surface area contributed by atoms with Crippen molar-refractivity contribution in [3.05, 3.63) is 65.0 Å². The third-order valence-corrected chi connectivity index (χ3v) is 5.21. The third-order valence-electron chi connectivity index (χ3n) is 5.21. The van der Waals surface area contributed by atoms with Crippen LogP contribution >= 0.6 is 0 Å². The molecule has 0 spiro atoms. The largest absolute Gasteiger partial charge is 0.371 e. The van der Waals surface area contributed by atoms with E-state index in [0.717, 1.165) is 36.5 Å². The van der Waals surface area contributed by atoms with Crippen molar-refractivity contribution < 1.29 is 18.8 Å². The second-order valence-corrected chi connectivity index (χ2v) is 7.14. The molecule has 0 atom stereocenters. The summed E-state index contributed by atoms with van der Waals surface area (Å²) in [6.45, 7) is 3.52. The molecule has 0 unspecified atom stereocenters. The Kier molecular flexibility index (Phi) is 4.88. The second kappa shape index (κ2) is 7.50. The van der Waals surface area contributed by atoms with E-state index in [-0.39, 0.29) is 11.1 Å². The molecule has 0 saturated carbocycles. The number of rotatable bonds is 3. The number of aryl methyl sites for hydroxylation is 1. The summed E-state index contributed by atoms with van der Waals surface area (Å²) in [4.78, 5) is 40.5. The van der Waals surface area contributed by atoms with Crippen LogP contribution in [0.4, 0.5) is 20.6 Å². The van der Waals surface area contributed by atoms with Crippen LogP contribution in [0.15, 0.2) is 48.0 Å². The summed E-state index contributed by atoms with van der Waals surface area (Å²) in [6.07, 6.45) is 3.34. The lowest BCUT2D eigenvalue weighted by Crippen LogP contribution is -2.54. The van der Waals surface area contributed by atoms with E-state index in [4.69, 9.17) is 0 Å². The number of barbiturate groups is 1. The molecule has 7 heteroatoms. The summed E-state index contributed by atoms with van der Waals surface area (Å²) in [5, 5.41) is 2.16. The SMILES string of the molecule is Cc1ccccc1N1C(=O)NC(=O)/C(=C\c2ccc(N3CCCC3)cc2F)C1=O. The van der Waals surface area contributed by atoms with Crippen LogP contribution in [0.2, 0.25) is 0 Å². The molecule has 2 fully saturated rings. The van der Waals surface area contributed by atoms with Gasteiger partial charge in [0.2, 0.25) is 0 Å². The van der Waals surface area contributed by atoms with Crippen LogP contribution in [0.1, 0.15) is 24.0 Å². The average Bonchev–Trinajstić information content (AvgIpc) is 3.22. The van der Waals surface area contributed by atoms with E-state index in [1.54, 1.807) is 43.3 Å². The Bertz CT molecular complexity index is 1040. The number of benzene rings is 2. The molecule has 148 valence electrons. The van der Waals surface area contributed by atoms with Crippen LogP contribution in [0.5, 0.6) is 0 Å². The van der Waals surface area contributed by atoms with E-state index in [2.05, 4.69) is 10.2 Å². The van der Waals surface area contributed by atoms with E-state index in [1.165, 1.54) is 12.1 Å². The number of imide groups is 2. The molecular formula is C22H20FN3O3. The number of hydrogen-bond donors (Lipinski definition) is 1. The van der Waals surface area contributed by atoms with Crippen LogP contribution in [-0.2, 0) is 9.59 Å². The first kappa shape index (κ1) is 18.9. The maximum Gasteiger partial charge on any atom is 0.335 e. The highest BCUT2D eigenvalue weighted by atomic mass is 19.1. The summed E-state index contributed by atoms with van der Waals surface area (Å²) in [5.74, 6) is -2.15. The molecule has 2 heterocycles. The number of carbonyl (C=O) groups is 3. The molecule has 0 aliphatic carbocycles. The van der Waals surface area contributed by atoms with Crippen molar-refractivity contribution in [2.45, 2.75) is 19.8 Å². The zero-order valence-electron chi connectivity index (χ0n) is 15.9. The highest BCUT2D eigenvalue weighted by Crippen LogP contribution is 2.27. The fourth-order valence-corrected chi connectivity index (χ4v) is 3.65. The quantitative estimate of drug-likeness (QED) is 0.641. The van der Waals surface area contributed by atoms with Gasteiger partial charge in [0.1, 0.15) is 11.4 Å². The minimum atomic E-state index is -0.840. The van der Waals surface area contributed by atoms with Gasteiger partial charge in [-0.3, -0.25) is 14.9 Å². The molecule has 0 radical (unpaired) electrons. The lowest BCUT2D eigenvalue weighted by Gasteiger charge is -2.27. The van der Waals surface area contributed by atoms with Gasteiger partial charge < -0.3 is 4.90 Å². The number of nitrogens with zero attached hydrogens (tertiary/aromatic N) is 2. The van der Waals surface area contributed by atoms with Gasteiger partial charge in [-0.05, 0) is 55.7 Å². The Labute approximate surface area is 167 Å². The summed E-state index contributed by atoms with van der Waals surface area (Å²) >= 11 is 0. The van der Waals surface area contributed by atoms with Crippen molar-refractivity contribution in [2.75, 3.05) is 22.9 Å². The first-order valence-electron chi connectivity index (χ1n) is 9.47. The van der Waals surface area contributed by atoms with Crippen molar-refractivity contribution in [3.63, 3.8) is 0 Å². The molecule has 6 nitrogen and oxygen atoms in total. The molecule has 29 heavy (non-hydrogen) atoms. The van der Waals surface area contributed by atoms with Crippen LogP contribution in [0.3, 0.4) is 0 Å². The number of halogens is 1. The number of para-hydroxylation sites is 1. The number of nitrogens with one attached hydrogen (secondary N) is 1. The van der Waals surface area contributed by atoms with Crippen molar-refractivity contribution in [1.82, 2.24) is 5.32 Å². The van der Waals surface area contributed by atoms with E-state index in [1.807, 2.05) is 0 Å². The zero-order valence-corrected chi connectivity index (χ0v) is 15.9. The lowest BCUT2D eigenvalue weighted by molar-refractivity contribution is -0.122. The number of anilines is 2. The normalized spacial score (nSPS) is 18.6. The van der Waals surface area contributed by atoms with E-state index < -0.39 is 23.7 Å². The fraction of sp³-hybridized carbons (Fsp3) is 0.227. The van der Waals surface area contributed by atoms with Crippen molar-refractivity contribution >= 4 is 35.3 Å². The summed E-state index contributed by atoms with van der Waals surface area (Å²) < 4.78 is 14.7. The van der Waals surface area contributed by atoms with Gasteiger partial charge in [-0.15, -0.1) is 0 Å². The Morgan fingerprint density at radius 1 is 1.03 bits per heavy atom. The number of urea groups is 1. The first-order chi connectivity index (χ1) is 14.0. The van der Waals surface area contributed by atoms with E-state index in [0.29, 0.717) is 11.3 Å². The summed E-state index contributed by atoms with van der Waals surface area (Å²) in [7, 11) is 0. The second-order valence-electron chi connectivity index (χ2n) is 7.14. The van der Waals surface area contributed by atoms with Gasteiger partial charge >= 0.3 is 6.03 Å². The van der Waals surface area contributed by atoms with Gasteiger partial charge in [-0.2, -0.15) is 0 Å². The van der Waals surface area contributed by atoms with Crippen molar-refractivity contribution in [1.29, 1.82) is 0 Å². The van der Waals surface area contributed by atoms with Gasteiger partial charge in [0.25, 0.3) is 11.8 Å². The molecule has 2 saturated heterocycles. The summed E-state index contributed by atoms with van der Waals surface area (Å²) in [6, 6.07) is 10.8. The molecule has 0 aromatic heterocycles. The van der Waals surface area contributed by atoms with Crippen molar-refractivity contribution in [2.24, 2.45) is 0 Å². The molecule has 2 aliphatic heterocycles. The molecule has 4 rings (SSSR count). The fourth-order valence-electron chi connectivity index (χ4n) is 3.65. The lowest BCUT2D eigenvalue weighted by atomic mass is 10.0. The Morgan fingerprint density at radius 2 is 1.76 bits per heavy atom. The molecule has 2 aromatic rings. The standard InChI is InChI=1S/C22H20FN3O3/c1-14-6-2-3-7-19(14)26-21(28)17(20(27)24-22(26)29)12-15-8-9-16(13-18(15)23)25-10-4-5-11-25/h2-3,6-9,12-13H,4-5,10-11H2,1H3,(H,24,27,29)/b17-12+. The number of amides is 4. The van der Waals surface area contributed by atoms with Gasteiger partial charge in [0.05, 0.1) is 5.69 Å². The zero-order chi connectivity index (χ0) is 20.5. The molecule has 2 aromatic carbocycles. The van der Waals surface area contributed by atoms with Crippen LogP contribution < -0.4 is 15.1 Å². The Balaban J connectivity index is 1.69. The Hall–Kier alpha value is -3.48. The predicted octanol–water partition coefficient (Wildman–Crippen LogP) is 3.40. The third kappa shape index (κ3) is 3.51. The van der Waals surface area contributed by atoms with E-state index in [9.17, 15) is 18.8 Å². The minimum absolute atomic E-state index is 0.116. The maximum atomic E-state index is 14.7. The molecule has 4 amide bonds. The smallest absolute Gasteiger partial charge is 0.335 e. The highest BCUT2D eigenvalue weighted by Gasteiger charge is 2.37. The minimum Gasteiger partial charge on any atom is -0.371 e. The summed E-state index contributed by atoms with van der Waals surface area (Å²) in [5.41, 5.74) is 1.67. The Morgan fingerprint density at radius 3 is 2.45 bits per heavy atom. The van der Waals surface area contributed by atoms with Gasteiger partial charge in [-0.1, -0.05) is 18.2 Å². The van der Waals surface area contributed by atoms with Gasteiger partial charge in [0.15, 0.2) is 0 Å². The molecule has 2 aliphatic rings. The van der Waals surface area contributed by atoms with E-state index >= 15 is 0 Å². The molecule has 0 bridgehead atoms. The average molecular weight is 393 g/mol. The number of hydrogen-bond acceptors (Lipinski definition) is 4. The maximum absolute atomic E-state index is 14.7. The first-order valence-corrected chi connectivity index (χ1v) is 9.47. The predicted molar refractivity (Wildman–Crippen MR) is 108 cm³/mol. The van der Waals surface area contributed by atoms with Crippen molar-refractivity contribution in [3.8, 4) is 0 Å². The monoisotopic (exact) mass is 393 g/mol. The van der Waals surface area contributed by atoms with Crippen LogP contribution in [0.25, 0.3) is 6.08 Å². The van der Waals surface area contributed by atoms with Crippen LogP contribution in [-0.4, -0.2) is 30.9 Å².